The summed E-state index contributed by atoms with van der Waals surface area (Å²) >= 11 is 3.49. The average Bonchev–Trinajstić information content (AvgIpc) is 1.52. The fraction of sp³-hybridized carbons (Fsp3) is 0.964. The van der Waals surface area contributed by atoms with Crippen molar-refractivity contribution in [3.05, 3.63) is 0 Å². The molecule has 0 aromatic rings. The Bertz CT molecular complexity index is 1950. The van der Waals surface area contributed by atoms with Crippen LogP contribution >= 0.6 is 15.9 Å². The van der Waals surface area contributed by atoms with Crippen molar-refractivity contribution in [2.75, 3.05) is 89.8 Å². The van der Waals surface area contributed by atoms with E-state index in [1.54, 1.807) is 11.7 Å². The van der Waals surface area contributed by atoms with Gasteiger partial charge in [0.05, 0.1) is 78.4 Å². The molecular formula is C83H165Br2KN6O6S2. The molecule has 0 aromatic heterocycles. The van der Waals surface area contributed by atoms with Gasteiger partial charge >= 0.3 is 51.4 Å². The van der Waals surface area contributed by atoms with E-state index in [1.807, 2.05) is 0 Å². The summed E-state index contributed by atoms with van der Waals surface area (Å²) < 4.78 is 59.9. The van der Waals surface area contributed by atoms with Crippen LogP contribution in [0.25, 0.3) is 0 Å². The zero-order valence-corrected chi connectivity index (χ0v) is 75.2. The number of nitrogens with zero attached hydrogens (tertiary/aromatic N) is 6. The second-order valence-corrected chi connectivity index (χ2v) is 34.2. The number of hydrogen-bond acceptors (Lipinski definition) is 10. The molecule has 6 rings (SSSR count). The Kier molecular flexibility index (Phi) is 78.8. The Hall–Kier alpha value is 0.826. The van der Waals surface area contributed by atoms with Crippen LogP contribution in [-0.4, -0.2) is 157 Å². The summed E-state index contributed by atoms with van der Waals surface area (Å²) in [6.07, 6.45) is 91.9. The minimum absolute atomic E-state index is 0. The summed E-state index contributed by atoms with van der Waals surface area (Å²) in [5.41, 5.74) is 0. The van der Waals surface area contributed by atoms with Crippen molar-refractivity contribution < 1.29 is 103 Å². The van der Waals surface area contributed by atoms with E-state index in [4.69, 9.17) is 25.9 Å². The second kappa shape index (κ2) is 76.6. The fourth-order valence-electron chi connectivity index (χ4n) is 15.2. The first-order chi connectivity index (χ1) is 47.7. The van der Waals surface area contributed by atoms with Crippen LogP contribution in [-0.2, 0) is 20.2 Å². The monoisotopic (exact) mass is 1600 g/mol. The van der Waals surface area contributed by atoms with Gasteiger partial charge in [-0.15, -0.1) is 0 Å². The molecule has 0 spiro atoms. The molecule has 0 atom stereocenters. The van der Waals surface area contributed by atoms with E-state index < -0.39 is 20.2 Å². The first-order valence-corrected chi connectivity index (χ1v) is 47.8. The van der Waals surface area contributed by atoms with Gasteiger partial charge in [0.2, 0.25) is 11.7 Å². The largest absolute Gasteiger partial charge is 1.00 e. The first-order valence-electron chi connectivity index (χ1n) is 43.1. The van der Waals surface area contributed by atoms with Crippen LogP contribution < -0.4 is 68.4 Å². The molecule has 0 aliphatic carbocycles. The maximum Gasteiger partial charge on any atom is 1.00 e. The van der Waals surface area contributed by atoms with Gasteiger partial charge in [-0.3, -0.25) is 23.9 Å². The van der Waals surface area contributed by atoms with E-state index in [9.17, 15) is 0 Å². The van der Waals surface area contributed by atoms with Gasteiger partial charge in [0, 0.05) is 69.6 Å². The molecule has 6 heterocycles. The zero-order valence-electron chi connectivity index (χ0n) is 67.2. The van der Waals surface area contributed by atoms with Crippen LogP contribution in [0.2, 0.25) is 0 Å². The van der Waals surface area contributed by atoms with Crippen molar-refractivity contribution >= 4 is 53.7 Å². The van der Waals surface area contributed by atoms with Crippen LogP contribution in [0.15, 0.2) is 4.99 Å². The third-order valence-electron chi connectivity index (χ3n) is 21.0. The van der Waals surface area contributed by atoms with Gasteiger partial charge < -0.3 is 31.0 Å². The Labute approximate surface area is 685 Å². The van der Waals surface area contributed by atoms with Gasteiger partial charge in [0.25, 0.3) is 0 Å². The molecule has 12 nitrogen and oxygen atoms in total. The summed E-state index contributed by atoms with van der Waals surface area (Å²) in [6.45, 7) is 21.1. The summed E-state index contributed by atoms with van der Waals surface area (Å²) in [4.78, 5) is 12.5. The van der Waals surface area contributed by atoms with Gasteiger partial charge in [-0.05, 0) is 89.9 Å². The summed E-state index contributed by atoms with van der Waals surface area (Å²) in [5, 5.41) is 1.19. The summed E-state index contributed by atoms with van der Waals surface area (Å²) in [7, 11) is -7.83. The Balaban J connectivity index is 0. The molecule has 0 aromatic carbocycles. The average molecular weight is 1610 g/mol. The number of halogens is 2. The number of hydrogen-bond donors (Lipinski definition) is 0. The third-order valence-corrected chi connectivity index (χ3v) is 21.5. The van der Waals surface area contributed by atoms with Crippen LogP contribution in [0, 0.1) is 0 Å². The van der Waals surface area contributed by atoms with E-state index in [-0.39, 0.29) is 68.4 Å². The number of alkyl halides is 1. The molecule has 0 radical (unpaired) electrons. The van der Waals surface area contributed by atoms with Crippen molar-refractivity contribution in [2.24, 2.45) is 4.99 Å². The molecule has 0 bridgehead atoms. The van der Waals surface area contributed by atoms with E-state index in [1.165, 1.54) is 481 Å². The first kappa shape index (κ1) is 103. The quantitative estimate of drug-likeness (QED) is 0.0191. The SMILES string of the molecule is C1CCC2=NCCCN2CC1.CCCCCCCCCCCCCCCCCCBr.CCCCCCCCCCCCCCCCCCN1CCC[N+]2=C1CCCCC2.CCCCCCCCCCCCCCCCCCN1CCC[N+]2=C1CCCCC2.CS(=O)(=O)[O-].CS(=O)(=O)[O-].[Br-].[K+]. The van der Waals surface area contributed by atoms with E-state index >= 15 is 0 Å². The molecule has 0 amide bonds. The molecule has 0 N–H and O–H groups in total. The Morgan fingerprint density at radius 3 is 0.890 bits per heavy atom. The van der Waals surface area contributed by atoms with Gasteiger partial charge in [-0.25, -0.2) is 16.8 Å². The molecule has 1 saturated heterocycles. The van der Waals surface area contributed by atoms with E-state index in [0.29, 0.717) is 12.5 Å². The van der Waals surface area contributed by atoms with Crippen LogP contribution in [0.5, 0.6) is 0 Å². The van der Waals surface area contributed by atoms with E-state index in [2.05, 4.69) is 65.5 Å². The number of fused-ring (bicyclic) bond motifs is 1. The zero-order chi connectivity index (χ0) is 71.4. The van der Waals surface area contributed by atoms with Crippen molar-refractivity contribution in [2.45, 2.75) is 425 Å². The van der Waals surface area contributed by atoms with Crippen molar-refractivity contribution in [1.82, 2.24) is 14.7 Å². The number of rotatable bonds is 50. The predicted octanol–water partition coefficient (Wildman–Crippen LogP) is 17.5. The maximum absolute atomic E-state index is 9.08. The molecule has 0 unspecified atom stereocenters. The van der Waals surface area contributed by atoms with Crippen molar-refractivity contribution in [3.63, 3.8) is 0 Å². The van der Waals surface area contributed by atoms with Gasteiger partial charge in [0.15, 0.2) is 0 Å². The molecule has 0 saturated carbocycles. The molecule has 6 aliphatic heterocycles. The van der Waals surface area contributed by atoms with Crippen molar-refractivity contribution in [3.8, 4) is 0 Å². The molecule has 1 fully saturated rings. The van der Waals surface area contributed by atoms with E-state index in [0.717, 1.165) is 6.54 Å². The van der Waals surface area contributed by atoms with Gasteiger partial charge in [-0.2, -0.15) is 0 Å². The molecule has 100 heavy (non-hydrogen) atoms. The maximum atomic E-state index is 9.08. The minimum atomic E-state index is -3.92. The Morgan fingerprint density at radius 1 is 0.340 bits per heavy atom. The molecule has 590 valence electrons. The normalized spacial score (nSPS) is 16.2. The second-order valence-electron chi connectivity index (χ2n) is 30.6. The molecule has 6 aliphatic rings. The number of amidine groups is 3. The van der Waals surface area contributed by atoms with Crippen LogP contribution in [0.4, 0.5) is 0 Å². The topological polar surface area (TPSA) is 142 Å². The van der Waals surface area contributed by atoms with Gasteiger partial charge in [-0.1, -0.05) is 319 Å². The Morgan fingerprint density at radius 2 is 0.590 bits per heavy atom. The molecular weight excluding hydrogens is 1440 g/mol. The van der Waals surface area contributed by atoms with Crippen LogP contribution in [0.1, 0.15) is 425 Å². The number of aliphatic imine (C=N–C) groups is 1. The van der Waals surface area contributed by atoms with Gasteiger partial charge in [0.1, 0.15) is 0 Å². The van der Waals surface area contributed by atoms with Crippen molar-refractivity contribution in [1.29, 1.82) is 0 Å². The fourth-order valence-corrected chi connectivity index (χ4v) is 15.6. The minimum Gasteiger partial charge on any atom is -1.00 e. The predicted molar refractivity (Wildman–Crippen MR) is 430 cm³/mol. The summed E-state index contributed by atoms with van der Waals surface area (Å²) in [5.74, 6) is 4.80. The molecule has 17 heteroatoms. The third kappa shape index (κ3) is 70.5. The van der Waals surface area contributed by atoms with Crippen LogP contribution in [0.3, 0.4) is 0 Å². The number of unbranched alkanes of at least 4 members (excludes halogenated alkanes) is 45. The smallest absolute Gasteiger partial charge is 1.00 e. The summed E-state index contributed by atoms with van der Waals surface area (Å²) in [6, 6.07) is 0. The standard InChI is InChI=1S/2C27H53N2.C18H37Br.C9H16N2.2CH4O3S.BrH.K/c2*1-2-3-4-5-6-7-8-9-10-11-12-13-14-15-16-19-23-28-25-21-26-29-24-20-17-18-22-27(28)29;1-2-3-4-5-6-7-8-9-10-11-12-13-14-15-16-17-18-19;1-2-5-9-10-6-4-8-11(9)7-3-1;2*1-5(2,3)4;;/h2*2-26H2,1H3;2-18H2,1H3;1-8H2;2*1H3,(H,2,3,4);1H;/q2*+1;;;;;;+1/p-3.